The molecular formula is C13H12F3N3. The fourth-order valence-electron chi connectivity index (χ4n) is 2.39. The molecular weight excluding hydrogens is 255 g/mol. The van der Waals surface area contributed by atoms with Crippen molar-refractivity contribution in [2.75, 3.05) is 6.54 Å². The van der Waals surface area contributed by atoms with Crippen LogP contribution in [-0.4, -0.2) is 16.5 Å². The molecule has 2 N–H and O–H groups in total. The fourth-order valence-corrected chi connectivity index (χ4v) is 2.39. The summed E-state index contributed by atoms with van der Waals surface area (Å²) >= 11 is 0. The first-order valence-electron chi connectivity index (χ1n) is 5.98. The molecule has 0 fully saturated rings. The molecule has 3 rings (SSSR count). The zero-order chi connectivity index (χ0) is 13.5. The van der Waals surface area contributed by atoms with Crippen molar-refractivity contribution in [3.05, 3.63) is 53.1 Å². The molecule has 1 atom stereocenters. The van der Waals surface area contributed by atoms with Crippen LogP contribution in [-0.2, 0) is 12.6 Å². The normalized spacial score (nSPS) is 19.2. The Labute approximate surface area is 107 Å². The molecule has 6 heteroatoms. The second-order valence-electron chi connectivity index (χ2n) is 4.53. The van der Waals surface area contributed by atoms with Crippen molar-refractivity contribution in [2.24, 2.45) is 0 Å². The molecule has 19 heavy (non-hydrogen) atoms. The SMILES string of the molecule is FC(F)(F)c1cccc(C2NCCc3[nH]cnc32)c1. The predicted octanol–water partition coefficient (Wildman–Crippen LogP) is 2.66. The number of rotatable bonds is 1. The second-order valence-corrected chi connectivity index (χ2v) is 4.53. The Morgan fingerprint density at radius 1 is 1.26 bits per heavy atom. The van der Waals surface area contributed by atoms with Crippen molar-refractivity contribution >= 4 is 0 Å². The highest BCUT2D eigenvalue weighted by Gasteiger charge is 2.32. The van der Waals surface area contributed by atoms with E-state index in [0.717, 1.165) is 30.4 Å². The number of nitrogens with zero attached hydrogens (tertiary/aromatic N) is 1. The number of aromatic amines is 1. The third-order valence-corrected chi connectivity index (χ3v) is 3.30. The molecule has 1 unspecified atom stereocenters. The molecule has 2 heterocycles. The van der Waals surface area contributed by atoms with Gasteiger partial charge < -0.3 is 10.3 Å². The summed E-state index contributed by atoms with van der Waals surface area (Å²) in [6.07, 6.45) is -1.93. The first-order valence-corrected chi connectivity index (χ1v) is 5.98. The number of aromatic nitrogens is 2. The molecule has 2 aromatic rings. The van der Waals surface area contributed by atoms with Crippen LogP contribution in [0.15, 0.2) is 30.6 Å². The predicted molar refractivity (Wildman–Crippen MR) is 63.6 cm³/mol. The molecule has 1 aromatic carbocycles. The van der Waals surface area contributed by atoms with Crippen molar-refractivity contribution in [1.82, 2.24) is 15.3 Å². The molecule has 0 radical (unpaired) electrons. The maximum absolute atomic E-state index is 12.7. The van der Waals surface area contributed by atoms with E-state index in [1.54, 1.807) is 12.4 Å². The van der Waals surface area contributed by atoms with E-state index in [-0.39, 0.29) is 6.04 Å². The van der Waals surface area contributed by atoms with Crippen LogP contribution in [0, 0.1) is 0 Å². The van der Waals surface area contributed by atoms with Crippen LogP contribution in [0.2, 0.25) is 0 Å². The van der Waals surface area contributed by atoms with Crippen molar-refractivity contribution in [3.8, 4) is 0 Å². The molecule has 0 aliphatic carbocycles. The molecule has 1 aliphatic rings. The summed E-state index contributed by atoms with van der Waals surface area (Å²) in [7, 11) is 0. The van der Waals surface area contributed by atoms with Crippen LogP contribution in [0.5, 0.6) is 0 Å². The summed E-state index contributed by atoms with van der Waals surface area (Å²) in [5.41, 5.74) is 1.73. The van der Waals surface area contributed by atoms with E-state index >= 15 is 0 Å². The van der Waals surface area contributed by atoms with Crippen molar-refractivity contribution in [1.29, 1.82) is 0 Å². The maximum atomic E-state index is 12.7. The van der Waals surface area contributed by atoms with Crippen LogP contribution < -0.4 is 5.32 Å². The minimum atomic E-state index is -4.32. The minimum Gasteiger partial charge on any atom is -0.348 e. The summed E-state index contributed by atoms with van der Waals surface area (Å²) in [6, 6.07) is 5.11. The number of hydrogen-bond donors (Lipinski definition) is 2. The topological polar surface area (TPSA) is 40.7 Å². The van der Waals surface area contributed by atoms with Gasteiger partial charge in [0.2, 0.25) is 0 Å². The Morgan fingerprint density at radius 2 is 2.11 bits per heavy atom. The van der Waals surface area contributed by atoms with Gasteiger partial charge in [0.15, 0.2) is 0 Å². The van der Waals surface area contributed by atoms with Gasteiger partial charge in [-0.05, 0) is 17.7 Å². The zero-order valence-electron chi connectivity index (χ0n) is 9.96. The van der Waals surface area contributed by atoms with E-state index in [1.165, 1.54) is 12.1 Å². The first kappa shape index (κ1) is 12.2. The van der Waals surface area contributed by atoms with Gasteiger partial charge in [-0.15, -0.1) is 0 Å². The largest absolute Gasteiger partial charge is 0.416 e. The van der Waals surface area contributed by atoms with Crippen LogP contribution in [0.1, 0.15) is 28.6 Å². The smallest absolute Gasteiger partial charge is 0.348 e. The molecule has 1 aliphatic heterocycles. The Hall–Kier alpha value is -1.82. The second kappa shape index (κ2) is 4.38. The zero-order valence-corrected chi connectivity index (χ0v) is 9.96. The lowest BCUT2D eigenvalue weighted by atomic mass is 9.96. The summed E-state index contributed by atoms with van der Waals surface area (Å²) in [5.74, 6) is 0. The molecule has 1 aromatic heterocycles. The number of alkyl halides is 3. The van der Waals surface area contributed by atoms with E-state index in [4.69, 9.17) is 0 Å². The highest BCUT2D eigenvalue weighted by atomic mass is 19.4. The van der Waals surface area contributed by atoms with Gasteiger partial charge in [0.25, 0.3) is 0 Å². The maximum Gasteiger partial charge on any atom is 0.416 e. The summed E-state index contributed by atoms with van der Waals surface area (Å²) in [5, 5.41) is 3.21. The third-order valence-electron chi connectivity index (χ3n) is 3.30. The van der Waals surface area contributed by atoms with Gasteiger partial charge >= 0.3 is 6.18 Å². The highest BCUT2D eigenvalue weighted by Crippen LogP contribution is 2.33. The quantitative estimate of drug-likeness (QED) is 0.834. The monoisotopic (exact) mass is 267 g/mol. The lowest BCUT2D eigenvalue weighted by Crippen LogP contribution is -2.30. The Kier molecular flexibility index (Phi) is 2.82. The van der Waals surface area contributed by atoms with E-state index in [1.807, 2.05) is 0 Å². The Morgan fingerprint density at radius 3 is 2.89 bits per heavy atom. The lowest BCUT2D eigenvalue weighted by molar-refractivity contribution is -0.137. The summed E-state index contributed by atoms with van der Waals surface area (Å²) in [4.78, 5) is 7.24. The van der Waals surface area contributed by atoms with Crippen LogP contribution in [0.4, 0.5) is 13.2 Å². The van der Waals surface area contributed by atoms with E-state index in [9.17, 15) is 13.2 Å². The molecule has 3 nitrogen and oxygen atoms in total. The van der Waals surface area contributed by atoms with Gasteiger partial charge in [0, 0.05) is 18.7 Å². The molecule has 0 bridgehead atoms. The molecule has 0 saturated carbocycles. The van der Waals surface area contributed by atoms with Gasteiger partial charge in [-0.2, -0.15) is 13.2 Å². The summed E-state index contributed by atoms with van der Waals surface area (Å²) < 4.78 is 38.2. The van der Waals surface area contributed by atoms with Gasteiger partial charge in [0.05, 0.1) is 23.6 Å². The average molecular weight is 267 g/mol. The number of hydrogen-bond acceptors (Lipinski definition) is 2. The average Bonchev–Trinajstić information content (AvgIpc) is 2.86. The number of imidazole rings is 1. The van der Waals surface area contributed by atoms with Crippen LogP contribution in [0.25, 0.3) is 0 Å². The van der Waals surface area contributed by atoms with Crippen molar-refractivity contribution in [2.45, 2.75) is 18.6 Å². The van der Waals surface area contributed by atoms with E-state index < -0.39 is 11.7 Å². The van der Waals surface area contributed by atoms with Gasteiger partial charge in [-0.3, -0.25) is 0 Å². The van der Waals surface area contributed by atoms with Gasteiger partial charge in [-0.1, -0.05) is 12.1 Å². The summed E-state index contributed by atoms with van der Waals surface area (Å²) in [6.45, 7) is 0.718. The van der Waals surface area contributed by atoms with E-state index in [0.29, 0.717) is 5.56 Å². The third kappa shape index (κ3) is 2.23. The fraction of sp³-hybridized carbons (Fsp3) is 0.308. The first-order chi connectivity index (χ1) is 9.05. The number of fused-ring (bicyclic) bond motifs is 1. The highest BCUT2D eigenvalue weighted by molar-refractivity contribution is 5.35. The Bertz CT molecular complexity index is 589. The molecule has 0 spiro atoms. The Balaban J connectivity index is 2.01. The number of benzene rings is 1. The van der Waals surface area contributed by atoms with Crippen LogP contribution in [0.3, 0.4) is 0 Å². The van der Waals surface area contributed by atoms with Gasteiger partial charge in [-0.25, -0.2) is 4.98 Å². The van der Waals surface area contributed by atoms with Crippen LogP contribution >= 0.6 is 0 Å². The number of nitrogens with one attached hydrogen (secondary N) is 2. The lowest BCUT2D eigenvalue weighted by Gasteiger charge is -2.24. The molecule has 100 valence electrons. The van der Waals surface area contributed by atoms with E-state index in [2.05, 4.69) is 15.3 Å². The van der Waals surface area contributed by atoms with Gasteiger partial charge in [0.1, 0.15) is 0 Å². The van der Waals surface area contributed by atoms with Crippen molar-refractivity contribution < 1.29 is 13.2 Å². The standard InChI is InChI=1S/C13H12F3N3/c14-13(15,16)9-3-1-2-8(6-9)11-12-10(4-5-17-11)18-7-19-12/h1-3,6-7,11,17H,4-5H2,(H,18,19). The minimum absolute atomic E-state index is 0.280. The molecule has 0 saturated heterocycles. The van der Waals surface area contributed by atoms with Crippen molar-refractivity contribution in [3.63, 3.8) is 0 Å². The number of halogens is 3. The molecule has 0 amide bonds. The number of H-pyrrole nitrogens is 1.